The summed E-state index contributed by atoms with van der Waals surface area (Å²) in [7, 11) is 1.11. The number of methoxy groups -OCH3 is 1. The molecule has 0 spiro atoms. The first-order valence-corrected chi connectivity index (χ1v) is 5.97. The molecule has 0 radical (unpaired) electrons. The number of nitrogens with two attached hydrogens (primary N) is 1. The fourth-order valence-electron chi connectivity index (χ4n) is 1.64. The van der Waals surface area contributed by atoms with E-state index in [9.17, 15) is 14.0 Å². The Morgan fingerprint density at radius 3 is 2.29 bits per heavy atom. The van der Waals surface area contributed by atoms with Crippen molar-refractivity contribution in [2.45, 2.75) is 0 Å². The van der Waals surface area contributed by atoms with Crippen LogP contribution in [0.15, 0.2) is 42.5 Å². The molecular formula is C15H12FNO4. The van der Waals surface area contributed by atoms with Gasteiger partial charge in [-0.25, -0.2) is 9.18 Å². The van der Waals surface area contributed by atoms with E-state index in [1.165, 1.54) is 42.5 Å². The van der Waals surface area contributed by atoms with Crippen LogP contribution in [0.3, 0.4) is 0 Å². The topological polar surface area (TPSA) is 78.6 Å². The highest BCUT2D eigenvalue weighted by Crippen LogP contribution is 2.25. The van der Waals surface area contributed by atoms with Gasteiger partial charge < -0.3 is 15.2 Å². The van der Waals surface area contributed by atoms with Crippen LogP contribution in [0.25, 0.3) is 0 Å². The van der Waals surface area contributed by atoms with Crippen molar-refractivity contribution < 1.29 is 23.5 Å². The van der Waals surface area contributed by atoms with Gasteiger partial charge in [0.1, 0.15) is 17.3 Å². The van der Waals surface area contributed by atoms with E-state index in [2.05, 4.69) is 4.74 Å². The smallest absolute Gasteiger partial charge is 0.379 e. The minimum absolute atomic E-state index is 0.0125. The predicted octanol–water partition coefficient (Wildman–Crippen LogP) is 2.56. The Kier molecular flexibility index (Phi) is 4.18. The van der Waals surface area contributed by atoms with Crippen molar-refractivity contribution in [2.24, 2.45) is 0 Å². The lowest BCUT2D eigenvalue weighted by Crippen LogP contribution is -2.17. The standard InChI is InChI=1S/C15H12FNO4/c1-20-15(19)14(18)12-8-11(6-7-13(12)17)21-10-4-2-9(16)3-5-10/h2-8H,17H2,1H3. The highest BCUT2D eigenvalue weighted by atomic mass is 19.1. The van der Waals surface area contributed by atoms with Crippen LogP contribution < -0.4 is 10.5 Å². The molecule has 2 N–H and O–H groups in total. The van der Waals surface area contributed by atoms with E-state index in [0.717, 1.165) is 7.11 Å². The molecule has 2 aromatic carbocycles. The number of rotatable bonds is 4. The average Bonchev–Trinajstić information content (AvgIpc) is 2.50. The Balaban J connectivity index is 2.28. The number of carbonyl (C=O) groups is 2. The molecule has 0 fully saturated rings. The van der Waals surface area contributed by atoms with Crippen molar-refractivity contribution in [3.05, 3.63) is 53.8 Å². The molecule has 0 saturated heterocycles. The summed E-state index contributed by atoms with van der Waals surface area (Å²) in [6, 6.07) is 9.67. The first-order valence-electron chi connectivity index (χ1n) is 5.97. The van der Waals surface area contributed by atoms with Crippen LogP contribution in [0.2, 0.25) is 0 Å². The number of halogens is 1. The fourth-order valence-corrected chi connectivity index (χ4v) is 1.64. The maximum atomic E-state index is 12.8. The molecule has 0 amide bonds. The van der Waals surface area contributed by atoms with Crippen molar-refractivity contribution in [3.63, 3.8) is 0 Å². The van der Waals surface area contributed by atoms with E-state index < -0.39 is 11.8 Å². The maximum absolute atomic E-state index is 12.8. The second-order valence-corrected chi connectivity index (χ2v) is 4.13. The highest BCUT2D eigenvalue weighted by molar-refractivity contribution is 6.41. The van der Waals surface area contributed by atoms with Gasteiger partial charge in [-0.1, -0.05) is 0 Å². The summed E-state index contributed by atoms with van der Waals surface area (Å²) >= 11 is 0. The van der Waals surface area contributed by atoms with E-state index in [1.54, 1.807) is 0 Å². The largest absolute Gasteiger partial charge is 0.463 e. The minimum Gasteiger partial charge on any atom is -0.463 e. The SMILES string of the molecule is COC(=O)C(=O)c1cc(Oc2ccc(F)cc2)ccc1N. The maximum Gasteiger partial charge on any atom is 0.379 e. The van der Waals surface area contributed by atoms with Crippen LogP contribution >= 0.6 is 0 Å². The lowest BCUT2D eigenvalue weighted by atomic mass is 10.1. The Labute approximate surface area is 120 Å². The van der Waals surface area contributed by atoms with Crippen LogP contribution in [-0.2, 0) is 9.53 Å². The van der Waals surface area contributed by atoms with Crippen molar-refractivity contribution >= 4 is 17.4 Å². The van der Waals surface area contributed by atoms with Gasteiger partial charge in [0, 0.05) is 5.69 Å². The third-order valence-electron chi connectivity index (χ3n) is 2.69. The highest BCUT2D eigenvalue weighted by Gasteiger charge is 2.20. The molecule has 0 aliphatic rings. The lowest BCUT2D eigenvalue weighted by Gasteiger charge is -2.09. The normalized spacial score (nSPS) is 10.0. The van der Waals surface area contributed by atoms with Crippen molar-refractivity contribution in [3.8, 4) is 11.5 Å². The summed E-state index contributed by atoms with van der Waals surface area (Å²) in [5, 5.41) is 0. The molecule has 5 nitrogen and oxygen atoms in total. The van der Waals surface area contributed by atoms with Gasteiger partial charge in [-0.05, 0) is 42.5 Å². The van der Waals surface area contributed by atoms with E-state index in [0.29, 0.717) is 11.5 Å². The summed E-state index contributed by atoms with van der Waals surface area (Å²) in [5.41, 5.74) is 5.79. The molecular weight excluding hydrogens is 277 g/mol. The minimum atomic E-state index is -1.01. The summed E-state index contributed by atoms with van der Waals surface area (Å²) < 4.78 is 22.6. The first-order chi connectivity index (χ1) is 10.0. The number of esters is 1. The molecule has 0 heterocycles. The number of nitrogen functional groups attached to an aromatic ring is 1. The van der Waals surface area contributed by atoms with Gasteiger partial charge in [-0.3, -0.25) is 4.79 Å². The zero-order valence-electron chi connectivity index (χ0n) is 11.1. The molecule has 2 rings (SSSR count). The van der Waals surface area contributed by atoms with Gasteiger partial charge in [-0.15, -0.1) is 0 Å². The predicted molar refractivity (Wildman–Crippen MR) is 73.7 cm³/mol. The van der Waals surface area contributed by atoms with E-state index in [1.807, 2.05) is 0 Å². The number of carbonyl (C=O) groups excluding carboxylic acids is 2. The Morgan fingerprint density at radius 1 is 1.05 bits per heavy atom. The molecule has 2 aromatic rings. The summed E-state index contributed by atoms with van der Waals surface area (Å²) in [5.74, 6) is -1.58. The Bertz CT molecular complexity index is 683. The molecule has 0 aromatic heterocycles. The quantitative estimate of drug-likeness (QED) is 0.405. The zero-order chi connectivity index (χ0) is 15.4. The van der Waals surface area contributed by atoms with Gasteiger partial charge in [0.05, 0.1) is 12.7 Å². The van der Waals surface area contributed by atoms with Crippen molar-refractivity contribution in [1.29, 1.82) is 0 Å². The van der Waals surface area contributed by atoms with Crippen molar-refractivity contribution in [2.75, 3.05) is 12.8 Å². The van der Waals surface area contributed by atoms with Gasteiger partial charge in [0.15, 0.2) is 0 Å². The first kappa shape index (κ1) is 14.5. The van der Waals surface area contributed by atoms with Crippen LogP contribution in [0, 0.1) is 5.82 Å². The van der Waals surface area contributed by atoms with Crippen LogP contribution in [0.1, 0.15) is 10.4 Å². The van der Waals surface area contributed by atoms with Crippen LogP contribution in [0.4, 0.5) is 10.1 Å². The second kappa shape index (κ2) is 6.04. The summed E-state index contributed by atoms with van der Waals surface area (Å²) in [6.45, 7) is 0. The average molecular weight is 289 g/mol. The monoisotopic (exact) mass is 289 g/mol. The number of ether oxygens (including phenoxy) is 2. The number of hydrogen-bond donors (Lipinski definition) is 1. The van der Waals surface area contributed by atoms with Gasteiger partial charge in [-0.2, -0.15) is 0 Å². The third kappa shape index (κ3) is 3.36. The zero-order valence-corrected chi connectivity index (χ0v) is 11.1. The van der Waals surface area contributed by atoms with Crippen LogP contribution in [-0.4, -0.2) is 18.9 Å². The van der Waals surface area contributed by atoms with E-state index in [4.69, 9.17) is 10.5 Å². The molecule has 0 atom stereocenters. The molecule has 0 bridgehead atoms. The lowest BCUT2D eigenvalue weighted by molar-refractivity contribution is -0.135. The molecule has 6 heteroatoms. The molecule has 0 aliphatic heterocycles. The molecule has 21 heavy (non-hydrogen) atoms. The second-order valence-electron chi connectivity index (χ2n) is 4.13. The van der Waals surface area contributed by atoms with Crippen molar-refractivity contribution in [1.82, 2.24) is 0 Å². The number of ketones is 1. The van der Waals surface area contributed by atoms with E-state index >= 15 is 0 Å². The number of anilines is 1. The fraction of sp³-hybridized carbons (Fsp3) is 0.0667. The molecule has 0 saturated carbocycles. The third-order valence-corrected chi connectivity index (χ3v) is 2.69. The van der Waals surface area contributed by atoms with Gasteiger partial charge in [0.2, 0.25) is 0 Å². The van der Waals surface area contributed by atoms with Gasteiger partial charge >= 0.3 is 5.97 Å². The Morgan fingerprint density at radius 2 is 1.67 bits per heavy atom. The number of Topliss-reactive ketones (excluding diaryl/α,β-unsaturated/α-hetero) is 1. The number of hydrogen-bond acceptors (Lipinski definition) is 5. The number of benzene rings is 2. The Hall–Kier alpha value is -2.89. The summed E-state index contributed by atoms with van der Waals surface area (Å²) in [6.07, 6.45) is 0. The van der Waals surface area contributed by atoms with E-state index in [-0.39, 0.29) is 17.1 Å². The summed E-state index contributed by atoms with van der Waals surface area (Å²) in [4.78, 5) is 23.0. The molecule has 0 aliphatic carbocycles. The molecule has 108 valence electrons. The van der Waals surface area contributed by atoms with Gasteiger partial charge in [0.25, 0.3) is 5.78 Å². The molecule has 0 unspecified atom stereocenters. The van der Waals surface area contributed by atoms with Crippen LogP contribution in [0.5, 0.6) is 11.5 Å².